The average Bonchev–Trinajstić information content (AvgIpc) is 3.23. The summed E-state index contributed by atoms with van der Waals surface area (Å²) < 4.78 is 0. The molecule has 3 heterocycles. The maximum Gasteiger partial charge on any atom is 0.181 e. The highest BCUT2D eigenvalue weighted by Crippen LogP contribution is 2.30. The van der Waals surface area contributed by atoms with Crippen LogP contribution in [0.4, 0.5) is 5.69 Å². The Morgan fingerprint density at radius 2 is 1.60 bits per heavy atom. The highest BCUT2D eigenvalue weighted by molar-refractivity contribution is 5.93. The molecule has 1 fully saturated rings. The lowest BCUT2D eigenvalue weighted by atomic mass is 10.0. The van der Waals surface area contributed by atoms with Gasteiger partial charge in [0.15, 0.2) is 5.65 Å². The molecule has 0 aliphatic carbocycles. The number of rotatable bonds is 3. The van der Waals surface area contributed by atoms with Crippen LogP contribution in [0, 0.1) is 11.3 Å². The van der Waals surface area contributed by atoms with E-state index in [0.717, 1.165) is 53.9 Å². The maximum absolute atomic E-state index is 9.02. The Morgan fingerprint density at radius 1 is 0.900 bits per heavy atom. The third-order valence-corrected chi connectivity index (χ3v) is 5.78. The van der Waals surface area contributed by atoms with Crippen molar-refractivity contribution in [2.45, 2.75) is 0 Å². The van der Waals surface area contributed by atoms with Crippen LogP contribution >= 0.6 is 0 Å². The van der Waals surface area contributed by atoms with Crippen LogP contribution in [0.1, 0.15) is 5.56 Å². The van der Waals surface area contributed by atoms with Crippen LogP contribution in [0.3, 0.4) is 0 Å². The van der Waals surface area contributed by atoms with E-state index >= 15 is 0 Å². The predicted molar refractivity (Wildman–Crippen MR) is 119 cm³/mol. The summed E-state index contributed by atoms with van der Waals surface area (Å²) in [4.78, 5) is 9.35. The second kappa shape index (κ2) is 7.62. The smallest absolute Gasteiger partial charge is 0.181 e. The van der Waals surface area contributed by atoms with E-state index in [1.54, 1.807) is 0 Å². The molecule has 1 N–H and O–H groups in total. The first kappa shape index (κ1) is 18.3. The third-order valence-electron chi connectivity index (χ3n) is 5.78. The van der Waals surface area contributed by atoms with Crippen molar-refractivity contribution in [3.05, 3.63) is 66.4 Å². The van der Waals surface area contributed by atoms with Crippen molar-refractivity contribution in [2.24, 2.45) is 0 Å². The van der Waals surface area contributed by atoms with E-state index in [4.69, 9.17) is 5.26 Å². The number of aromatic nitrogens is 3. The van der Waals surface area contributed by atoms with E-state index in [1.165, 1.54) is 5.69 Å². The minimum absolute atomic E-state index is 0.641. The number of nitrogens with zero attached hydrogens (tertiary/aromatic N) is 5. The highest BCUT2D eigenvalue weighted by Gasteiger charge is 2.15. The third kappa shape index (κ3) is 3.40. The van der Waals surface area contributed by atoms with Crippen LogP contribution < -0.4 is 4.90 Å². The Kier molecular flexibility index (Phi) is 4.66. The van der Waals surface area contributed by atoms with Crippen molar-refractivity contribution in [3.8, 4) is 28.5 Å². The molecular weight excluding hydrogens is 372 g/mol. The molecule has 30 heavy (non-hydrogen) atoms. The molecule has 0 unspecified atom stereocenters. The second-order valence-corrected chi connectivity index (χ2v) is 7.72. The fourth-order valence-electron chi connectivity index (χ4n) is 3.92. The van der Waals surface area contributed by atoms with Gasteiger partial charge in [0.2, 0.25) is 0 Å². The lowest BCUT2D eigenvalue weighted by molar-refractivity contribution is 0.313. The van der Waals surface area contributed by atoms with Gasteiger partial charge in [-0.05, 0) is 42.9 Å². The number of fused-ring (bicyclic) bond motifs is 1. The summed E-state index contributed by atoms with van der Waals surface area (Å²) in [5.74, 6) is 0. The van der Waals surface area contributed by atoms with Crippen molar-refractivity contribution in [1.82, 2.24) is 20.1 Å². The molecule has 1 aliphatic rings. The molecule has 0 bridgehead atoms. The predicted octanol–water partition coefficient (Wildman–Crippen LogP) is 3.92. The van der Waals surface area contributed by atoms with E-state index in [1.807, 2.05) is 30.5 Å². The lowest BCUT2D eigenvalue weighted by Crippen LogP contribution is -2.44. The molecule has 0 amide bonds. The maximum atomic E-state index is 9.02. The van der Waals surface area contributed by atoms with Gasteiger partial charge >= 0.3 is 0 Å². The summed E-state index contributed by atoms with van der Waals surface area (Å²) in [6.45, 7) is 4.32. The fraction of sp³-hybridized carbons (Fsp3) is 0.208. The highest BCUT2D eigenvalue weighted by atomic mass is 15.2. The first-order valence-electron chi connectivity index (χ1n) is 10.1. The number of piperazine rings is 1. The molecular formula is C24H22N6. The number of likely N-dealkylation sites (N-methyl/N-ethyl adjacent to an activating group) is 1. The minimum atomic E-state index is 0.641. The van der Waals surface area contributed by atoms with Crippen molar-refractivity contribution in [2.75, 3.05) is 38.1 Å². The largest absolute Gasteiger partial charge is 0.369 e. The Balaban J connectivity index is 1.45. The monoisotopic (exact) mass is 394 g/mol. The van der Waals surface area contributed by atoms with Gasteiger partial charge in [-0.3, -0.25) is 5.10 Å². The first-order chi connectivity index (χ1) is 14.7. The molecule has 4 aromatic rings. The molecule has 6 nitrogen and oxygen atoms in total. The molecule has 0 spiro atoms. The Morgan fingerprint density at radius 3 is 2.30 bits per heavy atom. The van der Waals surface area contributed by atoms with Gasteiger partial charge < -0.3 is 9.80 Å². The number of hydrogen-bond donors (Lipinski definition) is 1. The van der Waals surface area contributed by atoms with Crippen LogP contribution in [0.25, 0.3) is 33.4 Å². The van der Waals surface area contributed by atoms with Crippen molar-refractivity contribution >= 4 is 16.7 Å². The van der Waals surface area contributed by atoms with E-state index in [-0.39, 0.29) is 0 Å². The summed E-state index contributed by atoms with van der Waals surface area (Å²) in [7, 11) is 2.17. The van der Waals surface area contributed by atoms with E-state index < -0.39 is 0 Å². The van der Waals surface area contributed by atoms with Gasteiger partial charge in [-0.2, -0.15) is 10.4 Å². The first-order valence-corrected chi connectivity index (χ1v) is 10.1. The quantitative estimate of drug-likeness (QED) is 0.570. The van der Waals surface area contributed by atoms with Crippen LogP contribution in [0.5, 0.6) is 0 Å². The zero-order valence-corrected chi connectivity index (χ0v) is 16.8. The van der Waals surface area contributed by atoms with Gasteiger partial charge in [0, 0.05) is 54.6 Å². The molecule has 1 aliphatic heterocycles. The Labute approximate surface area is 175 Å². The van der Waals surface area contributed by atoms with Crippen LogP contribution in [0.2, 0.25) is 0 Å². The average molecular weight is 394 g/mol. The number of H-pyrrole nitrogens is 1. The standard InChI is InChI=1S/C24H22N6/c1-29-10-12-30(13-11-29)21-8-6-18(7-9-21)20-14-22-23(27-28-24(22)26-16-20)19-4-2-17(15-25)3-5-19/h2-9,14,16H,10-13H2,1H3,(H,26,27,28). The number of aromatic amines is 1. The number of anilines is 1. The van der Waals surface area contributed by atoms with Gasteiger partial charge in [0.05, 0.1) is 17.3 Å². The molecule has 2 aromatic heterocycles. The van der Waals surface area contributed by atoms with Gasteiger partial charge in [-0.25, -0.2) is 4.98 Å². The minimum Gasteiger partial charge on any atom is -0.369 e. The molecule has 2 aromatic carbocycles. The molecule has 0 saturated carbocycles. The van der Waals surface area contributed by atoms with Crippen molar-refractivity contribution in [3.63, 3.8) is 0 Å². The molecule has 5 rings (SSSR count). The summed E-state index contributed by atoms with van der Waals surface area (Å²) in [6.07, 6.45) is 1.87. The summed E-state index contributed by atoms with van der Waals surface area (Å²) >= 11 is 0. The fourth-order valence-corrected chi connectivity index (χ4v) is 3.92. The summed E-state index contributed by atoms with van der Waals surface area (Å²) in [5, 5.41) is 17.4. The van der Waals surface area contributed by atoms with E-state index in [9.17, 15) is 0 Å². The van der Waals surface area contributed by atoms with Crippen LogP contribution in [-0.4, -0.2) is 53.3 Å². The molecule has 1 saturated heterocycles. The van der Waals surface area contributed by atoms with Crippen molar-refractivity contribution < 1.29 is 0 Å². The van der Waals surface area contributed by atoms with Gasteiger partial charge in [-0.15, -0.1) is 0 Å². The number of benzene rings is 2. The molecule has 0 atom stereocenters. The second-order valence-electron chi connectivity index (χ2n) is 7.72. The number of hydrogen-bond acceptors (Lipinski definition) is 5. The van der Waals surface area contributed by atoms with Crippen LogP contribution in [0.15, 0.2) is 60.8 Å². The van der Waals surface area contributed by atoms with Gasteiger partial charge in [0.1, 0.15) is 0 Å². The normalized spacial score (nSPS) is 14.7. The summed E-state index contributed by atoms with van der Waals surface area (Å²) in [6, 6.07) is 20.5. The summed E-state index contributed by atoms with van der Waals surface area (Å²) in [5.41, 5.74) is 6.69. The Hall–Kier alpha value is -3.69. The number of pyridine rings is 1. The van der Waals surface area contributed by atoms with E-state index in [0.29, 0.717) is 11.2 Å². The van der Waals surface area contributed by atoms with Gasteiger partial charge in [-0.1, -0.05) is 24.3 Å². The number of nitrogens with one attached hydrogen (secondary N) is 1. The van der Waals surface area contributed by atoms with Crippen LogP contribution in [-0.2, 0) is 0 Å². The zero-order chi connectivity index (χ0) is 20.5. The zero-order valence-electron chi connectivity index (χ0n) is 16.8. The van der Waals surface area contributed by atoms with Crippen molar-refractivity contribution in [1.29, 1.82) is 5.26 Å². The molecule has 148 valence electrons. The molecule has 6 heteroatoms. The SMILES string of the molecule is CN1CCN(c2ccc(-c3cnc4n[nH]c(-c5ccc(C#N)cc5)c4c3)cc2)CC1. The van der Waals surface area contributed by atoms with E-state index in [2.05, 4.69) is 68.4 Å². The molecule has 0 radical (unpaired) electrons. The number of nitriles is 1. The Bertz CT molecular complexity index is 1210. The van der Waals surface area contributed by atoms with Gasteiger partial charge in [0.25, 0.3) is 0 Å². The topological polar surface area (TPSA) is 71.8 Å². The lowest BCUT2D eigenvalue weighted by Gasteiger charge is -2.34.